The zero-order valence-corrected chi connectivity index (χ0v) is 11.2. The number of anilines is 1. The smallest absolute Gasteiger partial charge is 0.335 e. The Balaban J connectivity index is 1.78. The van der Waals surface area contributed by atoms with Gasteiger partial charge >= 0.3 is 5.97 Å². The maximum atomic E-state index is 11.0. The number of hydrogen-bond acceptors (Lipinski definition) is 3. The fourth-order valence-corrected chi connectivity index (χ4v) is 3.25. The molecule has 2 N–H and O–H groups in total. The van der Waals surface area contributed by atoms with E-state index >= 15 is 0 Å². The van der Waals surface area contributed by atoms with E-state index in [0.717, 1.165) is 24.2 Å². The number of nitrogens with zero attached hydrogens (tertiary/aromatic N) is 1. The van der Waals surface area contributed by atoms with Crippen LogP contribution in [0.5, 0.6) is 0 Å². The molecule has 3 unspecified atom stereocenters. The first-order valence-electron chi connectivity index (χ1n) is 6.96. The summed E-state index contributed by atoms with van der Waals surface area (Å²) in [5, 5.41) is 12.7. The van der Waals surface area contributed by atoms with Gasteiger partial charge in [0.25, 0.3) is 0 Å². The Labute approximate surface area is 113 Å². The Morgan fingerprint density at radius 2 is 2.16 bits per heavy atom. The molecule has 4 nitrogen and oxygen atoms in total. The molecule has 0 spiro atoms. The standard InChI is InChI=1S/C15H20N2O2/c1-10-2-3-11(15(18)19)8-14(10)16-13-5-7-17-6-4-12(13)9-17/h2-3,8,12-13,16H,4-7,9H2,1H3,(H,18,19). The van der Waals surface area contributed by atoms with Crippen LogP contribution in [0.25, 0.3) is 0 Å². The van der Waals surface area contributed by atoms with E-state index < -0.39 is 5.97 Å². The first kappa shape index (κ1) is 12.5. The SMILES string of the molecule is Cc1ccc(C(=O)O)cc1NC1CCN2CCC1C2. The molecule has 0 aliphatic carbocycles. The van der Waals surface area contributed by atoms with E-state index in [2.05, 4.69) is 10.2 Å². The second-order valence-electron chi connectivity index (χ2n) is 5.72. The van der Waals surface area contributed by atoms with Crippen LogP contribution in [0.4, 0.5) is 5.69 Å². The van der Waals surface area contributed by atoms with Crippen molar-refractivity contribution in [3.8, 4) is 0 Å². The van der Waals surface area contributed by atoms with Gasteiger partial charge in [0.1, 0.15) is 0 Å². The predicted molar refractivity (Wildman–Crippen MR) is 74.7 cm³/mol. The van der Waals surface area contributed by atoms with E-state index in [0.29, 0.717) is 17.5 Å². The van der Waals surface area contributed by atoms with Crippen LogP contribution in [0, 0.1) is 12.8 Å². The molecule has 2 aliphatic rings. The maximum Gasteiger partial charge on any atom is 0.335 e. The Kier molecular flexibility index (Phi) is 3.19. The van der Waals surface area contributed by atoms with Crippen molar-refractivity contribution < 1.29 is 9.90 Å². The van der Waals surface area contributed by atoms with Gasteiger partial charge in [-0.2, -0.15) is 0 Å². The Bertz CT molecular complexity index is 501. The summed E-state index contributed by atoms with van der Waals surface area (Å²) in [6, 6.07) is 5.80. The molecule has 2 saturated heterocycles. The van der Waals surface area contributed by atoms with E-state index in [-0.39, 0.29) is 0 Å². The van der Waals surface area contributed by atoms with Crippen LogP contribution in [-0.2, 0) is 0 Å². The van der Waals surface area contributed by atoms with Crippen LogP contribution in [0.1, 0.15) is 28.8 Å². The Morgan fingerprint density at radius 3 is 2.95 bits per heavy atom. The molecule has 0 saturated carbocycles. The lowest BCUT2D eigenvalue weighted by Gasteiger charge is -2.32. The van der Waals surface area contributed by atoms with Crippen molar-refractivity contribution in [3.63, 3.8) is 0 Å². The molecule has 102 valence electrons. The van der Waals surface area contributed by atoms with Gasteiger partial charge in [0.2, 0.25) is 0 Å². The van der Waals surface area contributed by atoms with Crippen molar-refractivity contribution in [2.75, 3.05) is 25.0 Å². The van der Waals surface area contributed by atoms with Crippen LogP contribution in [0.2, 0.25) is 0 Å². The molecule has 1 aromatic carbocycles. The molecule has 0 amide bonds. The molecule has 3 atom stereocenters. The molecular formula is C15H20N2O2. The average Bonchev–Trinajstić information content (AvgIpc) is 2.78. The van der Waals surface area contributed by atoms with Crippen molar-refractivity contribution in [2.45, 2.75) is 25.8 Å². The van der Waals surface area contributed by atoms with Gasteiger partial charge in [-0.25, -0.2) is 4.79 Å². The van der Waals surface area contributed by atoms with Gasteiger partial charge in [0.05, 0.1) is 5.56 Å². The number of benzene rings is 1. The normalized spacial score (nSPS) is 29.2. The largest absolute Gasteiger partial charge is 0.478 e. The number of hydrogen-bond donors (Lipinski definition) is 2. The lowest BCUT2D eigenvalue weighted by molar-refractivity contribution is 0.0697. The third-order valence-corrected chi connectivity index (χ3v) is 4.46. The van der Waals surface area contributed by atoms with Gasteiger partial charge in [-0.3, -0.25) is 0 Å². The summed E-state index contributed by atoms with van der Waals surface area (Å²) in [4.78, 5) is 13.6. The van der Waals surface area contributed by atoms with Gasteiger partial charge in [-0.15, -0.1) is 0 Å². The van der Waals surface area contributed by atoms with Crippen molar-refractivity contribution >= 4 is 11.7 Å². The first-order chi connectivity index (χ1) is 9.13. The van der Waals surface area contributed by atoms with Gasteiger partial charge in [0.15, 0.2) is 0 Å². The van der Waals surface area contributed by atoms with Crippen molar-refractivity contribution in [1.29, 1.82) is 0 Å². The minimum Gasteiger partial charge on any atom is -0.478 e. The summed E-state index contributed by atoms with van der Waals surface area (Å²) in [5.41, 5.74) is 2.45. The van der Waals surface area contributed by atoms with Crippen LogP contribution in [0.3, 0.4) is 0 Å². The Hall–Kier alpha value is -1.55. The number of rotatable bonds is 3. The number of nitrogens with one attached hydrogen (secondary N) is 1. The monoisotopic (exact) mass is 260 g/mol. The summed E-state index contributed by atoms with van der Waals surface area (Å²) in [6.45, 7) is 5.59. The third kappa shape index (κ3) is 2.45. The molecule has 2 aliphatic heterocycles. The molecule has 1 aromatic rings. The molecular weight excluding hydrogens is 240 g/mol. The van der Waals surface area contributed by atoms with Crippen molar-refractivity contribution in [1.82, 2.24) is 4.90 Å². The maximum absolute atomic E-state index is 11.0. The van der Waals surface area contributed by atoms with E-state index in [1.54, 1.807) is 12.1 Å². The summed E-state index contributed by atoms with van der Waals surface area (Å²) >= 11 is 0. The van der Waals surface area contributed by atoms with Gasteiger partial charge < -0.3 is 15.3 Å². The highest BCUT2D eigenvalue weighted by Gasteiger charge is 2.34. The van der Waals surface area contributed by atoms with Crippen molar-refractivity contribution in [2.24, 2.45) is 5.92 Å². The van der Waals surface area contributed by atoms with Gasteiger partial charge in [0, 0.05) is 24.8 Å². The first-order valence-corrected chi connectivity index (χ1v) is 6.96. The second kappa shape index (κ2) is 4.85. The highest BCUT2D eigenvalue weighted by molar-refractivity contribution is 5.89. The lowest BCUT2D eigenvalue weighted by Crippen LogP contribution is -2.39. The molecule has 3 rings (SSSR count). The van der Waals surface area contributed by atoms with Crippen molar-refractivity contribution in [3.05, 3.63) is 29.3 Å². The number of piperidine rings is 1. The fourth-order valence-electron chi connectivity index (χ4n) is 3.25. The highest BCUT2D eigenvalue weighted by atomic mass is 16.4. The molecule has 2 heterocycles. The van der Waals surface area contributed by atoms with E-state index in [4.69, 9.17) is 5.11 Å². The van der Waals surface area contributed by atoms with Gasteiger partial charge in [-0.05, 0) is 49.9 Å². The average molecular weight is 260 g/mol. The van der Waals surface area contributed by atoms with Gasteiger partial charge in [-0.1, -0.05) is 6.07 Å². The molecule has 19 heavy (non-hydrogen) atoms. The quantitative estimate of drug-likeness (QED) is 0.875. The van der Waals surface area contributed by atoms with Crippen LogP contribution in [-0.4, -0.2) is 41.7 Å². The summed E-state index contributed by atoms with van der Waals surface area (Å²) in [5.74, 6) is -0.152. The topological polar surface area (TPSA) is 52.6 Å². The minimum absolute atomic E-state index is 0.358. The molecule has 0 aromatic heterocycles. The Morgan fingerprint density at radius 1 is 1.37 bits per heavy atom. The number of carbonyl (C=O) groups is 1. The number of aromatic carboxylic acids is 1. The van der Waals surface area contributed by atoms with Crippen LogP contribution >= 0.6 is 0 Å². The summed E-state index contributed by atoms with van der Waals surface area (Å²) in [7, 11) is 0. The second-order valence-corrected chi connectivity index (χ2v) is 5.72. The minimum atomic E-state index is -0.862. The molecule has 2 bridgehead atoms. The highest BCUT2D eigenvalue weighted by Crippen LogP contribution is 2.30. The summed E-state index contributed by atoms with van der Waals surface area (Å²) in [6.07, 6.45) is 2.41. The molecule has 2 fully saturated rings. The number of carboxylic acid groups (broad SMARTS) is 1. The molecule has 0 radical (unpaired) electrons. The van der Waals surface area contributed by atoms with E-state index in [9.17, 15) is 4.79 Å². The summed E-state index contributed by atoms with van der Waals surface area (Å²) < 4.78 is 0. The predicted octanol–water partition coefficient (Wildman–Crippen LogP) is 2.20. The third-order valence-electron chi connectivity index (χ3n) is 4.46. The van der Waals surface area contributed by atoms with Crippen LogP contribution in [0.15, 0.2) is 18.2 Å². The van der Waals surface area contributed by atoms with Crippen LogP contribution < -0.4 is 5.32 Å². The van der Waals surface area contributed by atoms with E-state index in [1.165, 1.54) is 19.5 Å². The number of aryl methyl sites for hydroxylation is 1. The van der Waals surface area contributed by atoms with E-state index in [1.807, 2.05) is 13.0 Å². The zero-order valence-electron chi connectivity index (χ0n) is 11.2. The lowest BCUT2D eigenvalue weighted by atomic mass is 9.93. The fraction of sp³-hybridized carbons (Fsp3) is 0.533. The molecule has 4 heteroatoms. The number of carboxylic acids is 1. The number of fused-ring (bicyclic) bond motifs is 2. The zero-order chi connectivity index (χ0) is 13.4.